The molecule has 0 saturated carbocycles. The molecule has 0 radical (unpaired) electrons. The number of amides is 1. The summed E-state index contributed by atoms with van der Waals surface area (Å²) in [5, 5.41) is 8.81. The van der Waals surface area contributed by atoms with Crippen LogP contribution in [0.15, 0.2) is 11.8 Å². The van der Waals surface area contributed by atoms with Crippen LogP contribution in [-0.2, 0) is 14.4 Å². The molecule has 76 valence electrons. The van der Waals surface area contributed by atoms with Crippen LogP contribution >= 0.6 is 0 Å². The summed E-state index contributed by atoms with van der Waals surface area (Å²) in [4.78, 5) is 33.4. The molecule has 0 saturated heterocycles. The molecule has 0 fully saturated rings. The third kappa shape index (κ3) is 1.99. The lowest BCUT2D eigenvalue weighted by atomic mass is 10.0. The van der Waals surface area contributed by atoms with Crippen LogP contribution in [0.1, 0.15) is 19.8 Å². The number of aliphatic carboxylic acids is 1. The Labute approximate surface area is 81.0 Å². The van der Waals surface area contributed by atoms with Gasteiger partial charge in [-0.25, -0.2) is 4.79 Å². The van der Waals surface area contributed by atoms with Gasteiger partial charge in [0.2, 0.25) is 5.91 Å². The van der Waals surface area contributed by atoms with E-state index in [4.69, 9.17) is 5.11 Å². The molecule has 0 spiro atoms. The molecular formula is C9H11NO4. The first-order valence-electron chi connectivity index (χ1n) is 4.24. The number of carbonyl (C=O) groups is 3. The fourth-order valence-electron chi connectivity index (χ4n) is 1.42. The van der Waals surface area contributed by atoms with E-state index in [1.54, 1.807) is 0 Å². The minimum atomic E-state index is -1.04. The fraction of sp³-hybridized carbons (Fsp3) is 0.444. The van der Waals surface area contributed by atoms with E-state index in [9.17, 15) is 14.4 Å². The van der Waals surface area contributed by atoms with Crippen LogP contribution in [0.25, 0.3) is 0 Å². The molecule has 1 N–H and O–H groups in total. The van der Waals surface area contributed by atoms with Crippen molar-refractivity contribution < 1.29 is 19.5 Å². The number of carboxylic acid groups (broad SMARTS) is 1. The second-order valence-electron chi connectivity index (χ2n) is 3.14. The first-order chi connectivity index (χ1) is 6.56. The molecule has 0 aromatic rings. The summed E-state index contributed by atoms with van der Waals surface area (Å²) in [7, 11) is 0. The summed E-state index contributed by atoms with van der Waals surface area (Å²) in [5.41, 5.74) is 0.456. The molecule has 1 aliphatic rings. The average Bonchev–Trinajstić information content (AvgIpc) is 2.16. The van der Waals surface area contributed by atoms with Crippen molar-refractivity contribution >= 4 is 18.2 Å². The highest BCUT2D eigenvalue weighted by atomic mass is 16.4. The number of rotatable bonds is 2. The summed E-state index contributed by atoms with van der Waals surface area (Å²) in [6.45, 7) is 1.28. The van der Waals surface area contributed by atoms with Crippen molar-refractivity contribution in [2.75, 3.05) is 0 Å². The lowest BCUT2D eigenvalue weighted by molar-refractivity contribution is -0.148. The van der Waals surface area contributed by atoms with Crippen molar-refractivity contribution in [3.8, 4) is 0 Å². The van der Waals surface area contributed by atoms with Gasteiger partial charge in [-0.3, -0.25) is 9.59 Å². The second-order valence-corrected chi connectivity index (χ2v) is 3.14. The van der Waals surface area contributed by atoms with Crippen molar-refractivity contribution in [1.29, 1.82) is 0 Å². The van der Waals surface area contributed by atoms with E-state index >= 15 is 0 Å². The Morgan fingerprint density at radius 3 is 2.71 bits per heavy atom. The third-order valence-electron chi connectivity index (χ3n) is 2.15. The summed E-state index contributed by atoms with van der Waals surface area (Å²) in [6.07, 6.45) is 2.66. The van der Waals surface area contributed by atoms with Gasteiger partial charge < -0.3 is 10.0 Å². The summed E-state index contributed by atoms with van der Waals surface area (Å²) < 4.78 is 0. The summed E-state index contributed by atoms with van der Waals surface area (Å²) in [6, 6.07) is -0.837. The highest BCUT2D eigenvalue weighted by Gasteiger charge is 2.29. The predicted octanol–water partition coefficient (Wildman–Crippen LogP) is 0.165. The van der Waals surface area contributed by atoms with E-state index in [-0.39, 0.29) is 5.91 Å². The second kappa shape index (κ2) is 4.04. The average molecular weight is 197 g/mol. The van der Waals surface area contributed by atoms with E-state index in [1.807, 2.05) is 0 Å². The number of allylic oxidation sites excluding steroid dienone is 1. The van der Waals surface area contributed by atoms with E-state index in [2.05, 4.69) is 0 Å². The number of hydrogen-bond acceptors (Lipinski definition) is 3. The molecule has 1 heterocycles. The van der Waals surface area contributed by atoms with Crippen LogP contribution in [0.4, 0.5) is 0 Å². The zero-order chi connectivity index (χ0) is 10.7. The van der Waals surface area contributed by atoms with Gasteiger partial charge in [0, 0.05) is 18.7 Å². The topological polar surface area (TPSA) is 74.7 Å². The van der Waals surface area contributed by atoms with Crippen LogP contribution in [-0.4, -0.2) is 34.2 Å². The van der Waals surface area contributed by atoms with Crippen molar-refractivity contribution in [2.45, 2.75) is 25.8 Å². The Bertz CT molecular complexity index is 308. The van der Waals surface area contributed by atoms with Gasteiger partial charge in [-0.05, 0) is 12.8 Å². The predicted molar refractivity (Wildman–Crippen MR) is 47.3 cm³/mol. The molecule has 1 aliphatic heterocycles. The van der Waals surface area contributed by atoms with Gasteiger partial charge in [0.05, 0.1) is 0 Å². The number of aldehydes is 1. The molecule has 1 atom stereocenters. The Morgan fingerprint density at radius 2 is 2.29 bits per heavy atom. The zero-order valence-electron chi connectivity index (χ0n) is 7.77. The maximum atomic E-state index is 11.1. The Kier molecular flexibility index (Phi) is 3.01. The Balaban J connectivity index is 2.94. The molecule has 1 unspecified atom stereocenters. The van der Waals surface area contributed by atoms with Gasteiger partial charge in [0.15, 0.2) is 0 Å². The standard InChI is InChI=1S/C9H11NO4/c1-6(12)10-4-7(5-11)2-3-8(10)9(13)14/h4-5,8H,2-3H2,1H3,(H,13,14). The highest BCUT2D eigenvalue weighted by molar-refractivity contribution is 5.85. The van der Waals surface area contributed by atoms with Gasteiger partial charge in [-0.2, -0.15) is 0 Å². The van der Waals surface area contributed by atoms with Gasteiger partial charge in [-0.1, -0.05) is 0 Å². The van der Waals surface area contributed by atoms with Crippen LogP contribution in [0.3, 0.4) is 0 Å². The lowest BCUT2D eigenvalue weighted by Crippen LogP contribution is -2.42. The number of carboxylic acids is 1. The van der Waals surface area contributed by atoms with Gasteiger partial charge in [-0.15, -0.1) is 0 Å². The van der Waals surface area contributed by atoms with Crippen LogP contribution in [0.5, 0.6) is 0 Å². The number of hydrogen-bond donors (Lipinski definition) is 1. The molecule has 1 rings (SSSR count). The molecule has 14 heavy (non-hydrogen) atoms. The molecule has 0 bridgehead atoms. The Morgan fingerprint density at radius 1 is 1.64 bits per heavy atom. The van der Waals surface area contributed by atoms with Crippen molar-refractivity contribution in [1.82, 2.24) is 4.90 Å². The van der Waals surface area contributed by atoms with E-state index in [0.717, 1.165) is 4.90 Å². The van der Waals surface area contributed by atoms with Crippen molar-refractivity contribution in [3.63, 3.8) is 0 Å². The fourth-order valence-corrected chi connectivity index (χ4v) is 1.42. The van der Waals surface area contributed by atoms with Crippen molar-refractivity contribution in [3.05, 3.63) is 11.8 Å². The lowest BCUT2D eigenvalue weighted by Gasteiger charge is -2.28. The monoisotopic (exact) mass is 197 g/mol. The minimum absolute atomic E-state index is 0.291. The highest BCUT2D eigenvalue weighted by Crippen LogP contribution is 2.19. The van der Waals surface area contributed by atoms with Crippen LogP contribution in [0.2, 0.25) is 0 Å². The normalized spacial score (nSPS) is 21.4. The first kappa shape index (κ1) is 10.4. The smallest absolute Gasteiger partial charge is 0.326 e. The maximum Gasteiger partial charge on any atom is 0.326 e. The summed E-state index contributed by atoms with van der Waals surface area (Å²) in [5.74, 6) is -1.40. The molecule has 0 aromatic carbocycles. The molecule has 5 nitrogen and oxygen atoms in total. The molecule has 0 aliphatic carbocycles. The quantitative estimate of drug-likeness (QED) is 0.640. The van der Waals surface area contributed by atoms with Crippen LogP contribution in [0, 0.1) is 0 Å². The van der Waals surface area contributed by atoms with Gasteiger partial charge >= 0.3 is 5.97 Å². The molecule has 1 amide bonds. The van der Waals surface area contributed by atoms with Gasteiger partial charge in [0.25, 0.3) is 0 Å². The third-order valence-corrected chi connectivity index (χ3v) is 2.15. The SMILES string of the molecule is CC(=O)N1C=C(C=O)CCC1C(=O)O. The van der Waals surface area contributed by atoms with Gasteiger partial charge in [0.1, 0.15) is 12.3 Å². The van der Waals surface area contributed by atoms with E-state index in [1.165, 1.54) is 13.1 Å². The Hall–Kier alpha value is -1.65. The molecule has 5 heteroatoms. The largest absolute Gasteiger partial charge is 0.480 e. The number of carbonyl (C=O) groups excluding carboxylic acids is 2. The van der Waals surface area contributed by atoms with E-state index < -0.39 is 12.0 Å². The van der Waals surface area contributed by atoms with Crippen molar-refractivity contribution in [2.24, 2.45) is 0 Å². The molecule has 0 aromatic heterocycles. The number of nitrogens with zero attached hydrogens (tertiary/aromatic N) is 1. The summed E-state index contributed by atoms with van der Waals surface area (Å²) >= 11 is 0. The first-order valence-corrected chi connectivity index (χ1v) is 4.24. The maximum absolute atomic E-state index is 11.1. The van der Waals surface area contributed by atoms with Crippen LogP contribution < -0.4 is 0 Å². The minimum Gasteiger partial charge on any atom is -0.480 e. The zero-order valence-corrected chi connectivity index (χ0v) is 7.77. The van der Waals surface area contributed by atoms with E-state index in [0.29, 0.717) is 24.7 Å². The molecular weight excluding hydrogens is 186 g/mol.